The molecule has 1 aliphatic heterocycles. The van der Waals surface area contributed by atoms with Crippen LogP contribution in [0.1, 0.15) is 38.2 Å². The molecule has 2 aromatic carbocycles. The van der Waals surface area contributed by atoms with Crippen LogP contribution in [-0.2, 0) is 16.2 Å². The Balaban J connectivity index is 1.65. The molecule has 1 atom stereocenters. The van der Waals surface area contributed by atoms with E-state index in [1.165, 1.54) is 6.07 Å². The van der Waals surface area contributed by atoms with Crippen molar-refractivity contribution in [2.24, 2.45) is 11.3 Å². The Hall–Kier alpha value is -2.25. The first-order valence-corrected chi connectivity index (χ1v) is 12.8. The van der Waals surface area contributed by atoms with Crippen LogP contribution in [0, 0.1) is 22.7 Å². The van der Waals surface area contributed by atoms with E-state index in [1.54, 1.807) is 18.2 Å². The molecule has 1 saturated carbocycles. The highest BCUT2D eigenvalue weighted by Gasteiger charge is 2.45. The SMILES string of the molecule is CCC1(C#N)CC(C[C@H]2CN(S(=O)(=O)c3cccc(C(F)(F)F)c3)c3cc(Br)ccc3O2)C1. The second-order valence-corrected chi connectivity index (χ2v) is 11.4. The molecular weight excluding hydrogens is 521 g/mol. The number of hydrogen-bond acceptors (Lipinski definition) is 4. The van der Waals surface area contributed by atoms with Gasteiger partial charge in [-0.2, -0.15) is 18.4 Å². The van der Waals surface area contributed by atoms with Gasteiger partial charge < -0.3 is 4.74 Å². The monoisotopic (exact) mass is 542 g/mol. The van der Waals surface area contributed by atoms with Crippen LogP contribution < -0.4 is 9.04 Å². The number of anilines is 1. The van der Waals surface area contributed by atoms with Gasteiger partial charge in [-0.25, -0.2) is 8.42 Å². The van der Waals surface area contributed by atoms with Gasteiger partial charge in [-0.1, -0.05) is 28.9 Å². The highest BCUT2D eigenvalue weighted by Crippen LogP contribution is 2.50. The van der Waals surface area contributed by atoms with E-state index in [2.05, 4.69) is 22.0 Å². The summed E-state index contributed by atoms with van der Waals surface area (Å²) in [6, 6.07) is 11.1. The number of benzene rings is 2. The maximum Gasteiger partial charge on any atom is 0.416 e. The van der Waals surface area contributed by atoms with Crippen molar-refractivity contribution in [2.75, 3.05) is 10.8 Å². The normalized spacial score (nSPS) is 24.9. The minimum Gasteiger partial charge on any atom is -0.486 e. The van der Waals surface area contributed by atoms with Crippen molar-refractivity contribution in [3.05, 3.63) is 52.5 Å². The zero-order chi connectivity index (χ0) is 24.0. The maximum absolute atomic E-state index is 13.5. The lowest BCUT2D eigenvalue weighted by atomic mass is 9.60. The van der Waals surface area contributed by atoms with Gasteiger partial charge in [-0.05, 0) is 68.0 Å². The Morgan fingerprint density at radius 2 is 1.97 bits per heavy atom. The molecule has 0 aromatic heterocycles. The predicted molar refractivity (Wildman–Crippen MR) is 120 cm³/mol. The second-order valence-electron chi connectivity index (χ2n) is 8.67. The average molecular weight is 543 g/mol. The summed E-state index contributed by atoms with van der Waals surface area (Å²) in [5.74, 6) is 0.580. The van der Waals surface area contributed by atoms with E-state index in [0.29, 0.717) is 22.7 Å². The molecule has 0 unspecified atom stereocenters. The van der Waals surface area contributed by atoms with Gasteiger partial charge in [0.15, 0.2) is 0 Å². The number of alkyl halides is 3. The van der Waals surface area contributed by atoms with Crippen molar-refractivity contribution < 1.29 is 26.3 Å². The summed E-state index contributed by atoms with van der Waals surface area (Å²) in [5.41, 5.74) is -1.08. The number of hydrogen-bond donors (Lipinski definition) is 0. The first-order valence-electron chi connectivity index (χ1n) is 10.5. The van der Waals surface area contributed by atoms with Gasteiger partial charge in [0.1, 0.15) is 11.9 Å². The standard InChI is InChI=1S/C23H22BrF3N2O3S/c1-2-22(14-28)11-15(12-22)8-18-13-29(20-10-17(24)6-7-21(20)32-18)33(30,31)19-5-3-4-16(9-19)23(25,26)27/h3-7,9-10,15,18H,2,8,11-13H2,1H3/t15?,18-,22?/m0/s1. The van der Waals surface area contributed by atoms with Crippen molar-refractivity contribution >= 4 is 31.6 Å². The molecule has 4 rings (SSSR count). The molecule has 1 aliphatic carbocycles. The molecular formula is C23H22BrF3N2O3S. The fraction of sp³-hybridized carbons (Fsp3) is 0.435. The van der Waals surface area contributed by atoms with E-state index < -0.39 is 32.8 Å². The van der Waals surface area contributed by atoms with Crippen LogP contribution >= 0.6 is 15.9 Å². The Morgan fingerprint density at radius 1 is 1.24 bits per heavy atom. The topological polar surface area (TPSA) is 70.4 Å². The fourth-order valence-electron chi connectivity index (χ4n) is 4.64. The molecule has 0 radical (unpaired) electrons. The number of ether oxygens (including phenoxy) is 1. The third kappa shape index (κ3) is 4.58. The van der Waals surface area contributed by atoms with Crippen molar-refractivity contribution in [2.45, 2.75) is 49.8 Å². The number of halogens is 4. The smallest absolute Gasteiger partial charge is 0.416 e. The summed E-state index contributed by atoms with van der Waals surface area (Å²) in [5, 5.41) is 9.42. The molecule has 0 N–H and O–H groups in total. The minimum atomic E-state index is -4.66. The zero-order valence-corrected chi connectivity index (χ0v) is 20.2. The molecule has 0 spiro atoms. The first-order chi connectivity index (χ1) is 15.5. The van der Waals surface area contributed by atoms with E-state index in [9.17, 15) is 26.9 Å². The van der Waals surface area contributed by atoms with Crippen molar-refractivity contribution in [3.8, 4) is 11.8 Å². The second kappa shape index (κ2) is 8.51. The van der Waals surface area contributed by atoms with Crippen LogP contribution in [-0.4, -0.2) is 21.1 Å². The molecule has 1 fully saturated rings. The number of sulfonamides is 1. The summed E-state index contributed by atoms with van der Waals surface area (Å²) in [6.45, 7) is 1.96. The molecule has 0 amide bonds. The van der Waals surface area contributed by atoms with Gasteiger partial charge >= 0.3 is 6.18 Å². The molecule has 176 valence electrons. The molecule has 0 bridgehead atoms. The van der Waals surface area contributed by atoms with Crippen molar-refractivity contribution in [1.29, 1.82) is 5.26 Å². The van der Waals surface area contributed by atoms with Gasteiger partial charge in [-0.3, -0.25) is 4.31 Å². The lowest BCUT2D eigenvalue weighted by Gasteiger charge is -2.45. The molecule has 2 aliphatic rings. The fourth-order valence-corrected chi connectivity index (χ4v) is 6.53. The summed E-state index contributed by atoms with van der Waals surface area (Å²) in [7, 11) is -4.28. The third-order valence-corrected chi connectivity index (χ3v) is 8.74. The van der Waals surface area contributed by atoms with E-state index in [-0.39, 0.29) is 23.6 Å². The largest absolute Gasteiger partial charge is 0.486 e. The van der Waals surface area contributed by atoms with Gasteiger partial charge in [0.25, 0.3) is 10.0 Å². The lowest BCUT2D eigenvalue weighted by Crippen LogP contribution is -2.46. The van der Waals surface area contributed by atoms with E-state index in [1.807, 2.05) is 6.92 Å². The van der Waals surface area contributed by atoms with Gasteiger partial charge in [0.2, 0.25) is 0 Å². The van der Waals surface area contributed by atoms with Crippen LogP contribution in [0.3, 0.4) is 0 Å². The highest BCUT2D eigenvalue weighted by molar-refractivity contribution is 9.10. The van der Waals surface area contributed by atoms with E-state index in [4.69, 9.17) is 4.74 Å². The average Bonchev–Trinajstić information content (AvgIpc) is 2.75. The van der Waals surface area contributed by atoms with Gasteiger partial charge in [-0.15, -0.1) is 0 Å². The Labute approximate surface area is 199 Å². The summed E-state index contributed by atoms with van der Waals surface area (Å²) >= 11 is 3.33. The third-order valence-electron chi connectivity index (χ3n) is 6.47. The zero-order valence-electron chi connectivity index (χ0n) is 17.8. The summed E-state index contributed by atoms with van der Waals surface area (Å²) in [6.07, 6.45) is -2.35. The van der Waals surface area contributed by atoms with Gasteiger partial charge in [0.05, 0.1) is 34.2 Å². The van der Waals surface area contributed by atoms with E-state index in [0.717, 1.165) is 35.7 Å². The van der Waals surface area contributed by atoms with E-state index >= 15 is 0 Å². The quantitative estimate of drug-likeness (QED) is 0.454. The highest BCUT2D eigenvalue weighted by atomic mass is 79.9. The molecule has 10 heteroatoms. The maximum atomic E-state index is 13.5. The molecule has 1 heterocycles. The van der Waals surface area contributed by atoms with Crippen LogP contribution in [0.2, 0.25) is 0 Å². The van der Waals surface area contributed by atoms with Crippen LogP contribution in [0.5, 0.6) is 5.75 Å². The summed E-state index contributed by atoms with van der Waals surface area (Å²) < 4.78 is 74.4. The van der Waals surface area contributed by atoms with Crippen LogP contribution in [0.15, 0.2) is 51.8 Å². The Morgan fingerprint density at radius 3 is 2.61 bits per heavy atom. The summed E-state index contributed by atoms with van der Waals surface area (Å²) in [4.78, 5) is -0.429. The lowest BCUT2D eigenvalue weighted by molar-refractivity contribution is -0.137. The minimum absolute atomic E-state index is 0.0236. The van der Waals surface area contributed by atoms with Gasteiger partial charge in [0, 0.05) is 4.47 Å². The number of nitriles is 1. The predicted octanol–water partition coefficient (Wildman–Crippen LogP) is 6.14. The first kappa shape index (κ1) is 23.9. The van der Waals surface area contributed by atoms with Crippen molar-refractivity contribution in [1.82, 2.24) is 0 Å². The molecule has 5 nitrogen and oxygen atoms in total. The number of fused-ring (bicyclic) bond motifs is 1. The number of rotatable bonds is 5. The van der Waals surface area contributed by atoms with Crippen molar-refractivity contribution in [3.63, 3.8) is 0 Å². The number of nitrogens with zero attached hydrogens (tertiary/aromatic N) is 2. The van der Waals surface area contributed by atoms with Crippen LogP contribution in [0.25, 0.3) is 0 Å². The Bertz CT molecular complexity index is 1200. The molecule has 0 saturated heterocycles. The molecule has 2 aromatic rings. The van der Waals surface area contributed by atoms with Crippen LogP contribution in [0.4, 0.5) is 18.9 Å². The molecule has 33 heavy (non-hydrogen) atoms. The Kier molecular flexibility index (Phi) is 6.16.